The zero-order chi connectivity index (χ0) is 17.1. The number of ether oxygens (including phenoxy) is 2. The third kappa shape index (κ3) is 3.14. The van der Waals surface area contributed by atoms with E-state index >= 15 is 0 Å². The summed E-state index contributed by atoms with van der Waals surface area (Å²) < 4.78 is 25.1. The molecule has 0 saturated carbocycles. The summed E-state index contributed by atoms with van der Waals surface area (Å²) in [4.78, 5) is 12.3. The Kier molecular flexibility index (Phi) is 4.84. The van der Waals surface area contributed by atoms with Crippen LogP contribution < -0.4 is 4.74 Å². The van der Waals surface area contributed by atoms with Gasteiger partial charge in [-0.2, -0.15) is 0 Å². The average Bonchev–Trinajstić information content (AvgIpc) is 2.58. The Morgan fingerprint density at radius 1 is 1.17 bits per heavy atom. The molecule has 0 bridgehead atoms. The minimum absolute atomic E-state index is 0.000182. The molecule has 0 N–H and O–H groups in total. The SMILES string of the molecule is CCCc1ccc(C2Cc3ccc(OCC)c(F)c3C(=O)O2)cc1. The highest BCUT2D eigenvalue weighted by molar-refractivity contribution is 5.93. The quantitative estimate of drug-likeness (QED) is 0.751. The van der Waals surface area contributed by atoms with Crippen molar-refractivity contribution in [2.75, 3.05) is 6.61 Å². The number of cyclic esters (lactones) is 1. The first kappa shape index (κ1) is 16.5. The Balaban J connectivity index is 1.87. The van der Waals surface area contributed by atoms with Gasteiger partial charge in [-0.25, -0.2) is 9.18 Å². The van der Waals surface area contributed by atoms with Crippen LogP contribution >= 0.6 is 0 Å². The van der Waals surface area contributed by atoms with Crippen molar-refractivity contribution in [1.29, 1.82) is 0 Å². The van der Waals surface area contributed by atoms with Crippen LogP contribution in [0.2, 0.25) is 0 Å². The van der Waals surface area contributed by atoms with Crippen LogP contribution in [-0.2, 0) is 17.6 Å². The van der Waals surface area contributed by atoms with Gasteiger partial charge in [0, 0.05) is 6.42 Å². The van der Waals surface area contributed by atoms with Gasteiger partial charge in [-0.15, -0.1) is 0 Å². The number of hydrogen-bond donors (Lipinski definition) is 0. The van der Waals surface area contributed by atoms with Gasteiger partial charge in [0.2, 0.25) is 0 Å². The molecular formula is C20H21FO3. The van der Waals surface area contributed by atoms with E-state index in [1.165, 1.54) is 5.56 Å². The van der Waals surface area contributed by atoms with E-state index in [2.05, 4.69) is 19.1 Å². The number of aryl methyl sites for hydroxylation is 1. The van der Waals surface area contributed by atoms with E-state index in [4.69, 9.17) is 9.47 Å². The third-order valence-corrected chi connectivity index (χ3v) is 4.24. The minimum Gasteiger partial charge on any atom is -0.491 e. The van der Waals surface area contributed by atoms with Gasteiger partial charge in [0.15, 0.2) is 11.6 Å². The van der Waals surface area contributed by atoms with E-state index < -0.39 is 11.8 Å². The zero-order valence-electron chi connectivity index (χ0n) is 14.0. The van der Waals surface area contributed by atoms with Crippen molar-refractivity contribution in [2.24, 2.45) is 0 Å². The van der Waals surface area contributed by atoms with Crippen LogP contribution in [0, 0.1) is 5.82 Å². The molecule has 0 aromatic heterocycles. The van der Waals surface area contributed by atoms with Crippen LogP contribution in [0.25, 0.3) is 0 Å². The number of rotatable bonds is 5. The summed E-state index contributed by atoms with van der Waals surface area (Å²) >= 11 is 0. The average molecular weight is 328 g/mol. The van der Waals surface area contributed by atoms with Crippen LogP contribution in [0.4, 0.5) is 4.39 Å². The van der Waals surface area contributed by atoms with E-state index in [-0.39, 0.29) is 17.4 Å². The van der Waals surface area contributed by atoms with Gasteiger partial charge in [-0.05, 0) is 36.1 Å². The van der Waals surface area contributed by atoms with E-state index in [1.807, 2.05) is 12.1 Å². The molecule has 3 nitrogen and oxygen atoms in total. The molecule has 1 aliphatic rings. The van der Waals surface area contributed by atoms with Gasteiger partial charge in [-0.1, -0.05) is 43.7 Å². The second-order valence-electron chi connectivity index (χ2n) is 5.93. The summed E-state index contributed by atoms with van der Waals surface area (Å²) in [6.07, 6.45) is 2.21. The number of esters is 1. The van der Waals surface area contributed by atoms with Crippen molar-refractivity contribution in [1.82, 2.24) is 0 Å². The number of hydrogen-bond acceptors (Lipinski definition) is 3. The van der Waals surface area contributed by atoms with E-state index in [0.717, 1.165) is 18.4 Å². The molecule has 1 unspecified atom stereocenters. The van der Waals surface area contributed by atoms with Crippen molar-refractivity contribution in [3.8, 4) is 5.75 Å². The number of fused-ring (bicyclic) bond motifs is 1. The third-order valence-electron chi connectivity index (χ3n) is 4.24. The van der Waals surface area contributed by atoms with E-state index in [1.54, 1.807) is 19.1 Å². The maximum absolute atomic E-state index is 14.4. The fourth-order valence-electron chi connectivity index (χ4n) is 3.06. The van der Waals surface area contributed by atoms with Gasteiger partial charge in [0.25, 0.3) is 0 Å². The zero-order valence-corrected chi connectivity index (χ0v) is 14.0. The lowest BCUT2D eigenvalue weighted by molar-refractivity contribution is 0.0244. The summed E-state index contributed by atoms with van der Waals surface area (Å²) in [5.41, 5.74) is 2.86. The van der Waals surface area contributed by atoms with Crippen LogP contribution in [0.5, 0.6) is 5.75 Å². The van der Waals surface area contributed by atoms with Crippen molar-refractivity contribution in [2.45, 2.75) is 39.2 Å². The molecule has 24 heavy (non-hydrogen) atoms. The Morgan fingerprint density at radius 3 is 2.58 bits per heavy atom. The molecule has 2 aromatic rings. The predicted molar refractivity (Wildman–Crippen MR) is 89.9 cm³/mol. The smallest absolute Gasteiger partial charge is 0.342 e. The van der Waals surface area contributed by atoms with E-state index in [0.29, 0.717) is 18.6 Å². The molecule has 1 heterocycles. The maximum Gasteiger partial charge on any atom is 0.342 e. The molecule has 0 aliphatic carbocycles. The highest BCUT2D eigenvalue weighted by Crippen LogP contribution is 2.34. The van der Waals surface area contributed by atoms with E-state index in [9.17, 15) is 9.18 Å². The van der Waals surface area contributed by atoms with Gasteiger partial charge < -0.3 is 9.47 Å². The Morgan fingerprint density at radius 2 is 1.92 bits per heavy atom. The van der Waals surface area contributed by atoms with Crippen LogP contribution in [0.3, 0.4) is 0 Å². The van der Waals surface area contributed by atoms with Crippen molar-refractivity contribution in [3.05, 3.63) is 64.5 Å². The molecule has 0 spiro atoms. The molecule has 2 aromatic carbocycles. The molecule has 0 radical (unpaired) electrons. The van der Waals surface area contributed by atoms with Crippen molar-refractivity contribution >= 4 is 5.97 Å². The van der Waals surface area contributed by atoms with Crippen molar-refractivity contribution in [3.63, 3.8) is 0 Å². The summed E-state index contributed by atoms with van der Waals surface area (Å²) in [5, 5.41) is 0. The standard InChI is InChI=1S/C20H21FO3/c1-3-5-13-6-8-14(9-7-13)17-12-15-10-11-16(23-4-2)19(21)18(15)20(22)24-17/h6-11,17H,3-5,12H2,1-2H3. The molecule has 4 heteroatoms. The molecule has 1 atom stereocenters. The Labute approximate surface area is 141 Å². The molecular weight excluding hydrogens is 307 g/mol. The highest BCUT2D eigenvalue weighted by Gasteiger charge is 2.31. The Hall–Kier alpha value is -2.36. The molecule has 0 saturated heterocycles. The summed E-state index contributed by atoms with van der Waals surface area (Å²) in [6, 6.07) is 11.4. The van der Waals surface area contributed by atoms with Crippen molar-refractivity contribution < 1.29 is 18.7 Å². The monoisotopic (exact) mass is 328 g/mol. The topological polar surface area (TPSA) is 35.5 Å². The minimum atomic E-state index is -0.629. The predicted octanol–water partition coefficient (Wildman–Crippen LogP) is 4.63. The molecule has 126 valence electrons. The fourth-order valence-corrected chi connectivity index (χ4v) is 3.06. The first-order valence-electron chi connectivity index (χ1n) is 8.38. The fraction of sp³-hybridized carbons (Fsp3) is 0.350. The lowest BCUT2D eigenvalue weighted by Crippen LogP contribution is -2.23. The normalized spacial score (nSPS) is 16.5. The number of carbonyl (C=O) groups is 1. The number of halogens is 1. The Bertz CT molecular complexity index is 737. The molecule has 1 aliphatic heterocycles. The molecule has 3 rings (SSSR count). The highest BCUT2D eigenvalue weighted by atomic mass is 19.1. The first-order chi connectivity index (χ1) is 11.6. The second-order valence-corrected chi connectivity index (χ2v) is 5.93. The lowest BCUT2D eigenvalue weighted by Gasteiger charge is -2.26. The summed E-state index contributed by atoms with van der Waals surface area (Å²) in [7, 11) is 0. The first-order valence-corrected chi connectivity index (χ1v) is 8.38. The van der Waals surface area contributed by atoms with Crippen LogP contribution in [0.15, 0.2) is 36.4 Å². The van der Waals surface area contributed by atoms with Crippen LogP contribution in [0.1, 0.15) is 53.4 Å². The van der Waals surface area contributed by atoms with Crippen LogP contribution in [-0.4, -0.2) is 12.6 Å². The summed E-state index contributed by atoms with van der Waals surface area (Å²) in [6.45, 7) is 4.26. The van der Waals surface area contributed by atoms with Gasteiger partial charge in [0.05, 0.1) is 6.61 Å². The number of benzene rings is 2. The molecule has 0 fully saturated rings. The summed E-state index contributed by atoms with van der Waals surface area (Å²) in [5.74, 6) is -1.16. The molecule has 0 amide bonds. The van der Waals surface area contributed by atoms with Gasteiger partial charge >= 0.3 is 5.97 Å². The lowest BCUT2D eigenvalue weighted by atomic mass is 9.93. The second kappa shape index (κ2) is 7.04. The number of carbonyl (C=O) groups excluding carboxylic acids is 1. The van der Waals surface area contributed by atoms with Gasteiger partial charge in [-0.3, -0.25) is 0 Å². The maximum atomic E-state index is 14.4. The van der Waals surface area contributed by atoms with Gasteiger partial charge in [0.1, 0.15) is 11.7 Å². The largest absolute Gasteiger partial charge is 0.491 e.